The predicted octanol–water partition coefficient (Wildman–Crippen LogP) is 0.365. The molecule has 0 spiro atoms. The van der Waals surface area contributed by atoms with Crippen LogP contribution in [0, 0.1) is 0 Å². The van der Waals surface area contributed by atoms with E-state index in [1.165, 1.54) is 0 Å². The summed E-state index contributed by atoms with van der Waals surface area (Å²) >= 11 is 0. The fourth-order valence-electron chi connectivity index (χ4n) is 0.784. The van der Waals surface area contributed by atoms with E-state index in [0.29, 0.717) is 12.8 Å². The number of hydrogen-bond acceptors (Lipinski definition) is 3. The molecule has 0 aliphatic rings. The molecule has 1 atom stereocenters. The van der Waals surface area contributed by atoms with Crippen molar-refractivity contribution in [2.45, 2.75) is 26.3 Å². The van der Waals surface area contributed by atoms with Gasteiger partial charge in [-0.1, -0.05) is 13.3 Å². The number of rotatable bonds is 5. The molecule has 0 rings (SSSR count). The van der Waals surface area contributed by atoms with Crippen LogP contribution >= 0.6 is 0 Å². The van der Waals surface area contributed by atoms with Gasteiger partial charge in [0.25, 0.3) is 8.48 Å². The Morgan fingerprint density at radius 2 is 2.10 bits per heavy atom. The van der Waals surface area contributed by atoms with Gasteiger partial charge in [0.05, 0.1) is 6.23 Å². The normalized spacial score (nSPS) is 16.8. The monoisotopic (exact) mass is 163 g/mol. The minimum absolute atomic E-state index is 0.372. The van der Waals surface area contributed by atoms with Crippen LogP contribution in [0.15, 0.2) is 0 Å². The Labute approximate surface area is 63.4 Å². The highest BCUT2D eigenvalue weighted by Crippen LogP contribution is 2.01. The Morgan fingerprint density at radius 3 is 2.50 bits per heavy atom. The molecule has 0 saturated heterocycles. The third kappa shape index (κ3) is 4.93. The van der Waals surface area contributed by atoms with Crippen LogP contribution in [0.4, 0.5) is 0 Å². The van der Waals surface area contributed by atoms with E-state index in [0.717, 1.165) is 12.5 Å². The standard InChI is InChI=1S/C6H17NO2Si/c1-3-5-10(7,8)6-9-4-2/h8H,3-7H2,1-2H3. The predicted molar refractivity (Wildman–Crippen MR) is 43.8 cm³/mol. The van der Waals surface area contributed by atoms with Gasteiger partial charge in [0.15, 0.2) is 0 Å². The van der Waals surface area contributed by atoms with Gasteiger partial charge in [0, 0.05) is 6.61 Å². The highest BCUT2D eigenvalue weighted by molar-refractivity contribution is 6.69. The average Bonchev–Trinajstić information content (AvgIpc) is 1.84. The van der Waals surface area contributed by atoms with Crippen molar-refractivity contribution in [1.29, 1.82) is 0 Å². The topological polar surface area (TPSA) is 55.5 Å². The molecule has 0 aromatic heterocycles. The molecule has 0 radical (unpaired) electrons. The van der Waals surface area contributed by atoms with E-state index in [2.05, 4.69) is 0 Å². The lowest BCUT2D eigenvalue weighted by atomic mass is 10.6. The molecule has 0 amide bonds. The van der Waals surface area contributed by atoms with Gasteiger partial charge in [-0.25, -0.2) is 0 Å². The zero-order valence-electron chi connectivity index (χ0n) is 6.76. The van der Waals surface area contributed by atoms with Gasteiger partial charge >= 0.3 is 0 Å². The van der Waals surface area contributed by atoms with Crippen molar-refractivity contribution in [2.75, 3.05) is 12.8 Å². The second kappa shape index (κ2) is 4.84. The maximum absolute atomic E-state index is 9.44. The van der Waals surface area contributed by atoms with Crippen LogP contribution in [-0.2, 0) is 4.74 Å². The van der Waals surface area contributed by atoms with Gasteiger partial charge in [-0.15, -0.1) is 0 Å². The van der Waals surface area contributed by atoms with Crippen molar-refractivity contribution in [3.05, 3.63) is 0 Å². The third-order valence-corrected chi connectivity index (χ3v) is 3.31. The molecule has 0 aliphatic carbocycles. The summed E-state index contributed by atoms with van der Waals surface area (Å²) < 4.78 is 5.04. The highest BCUT2D eigenvalue weighted by Gasteiger charge is 2.24. The summed E-state index contributed by atoms with van der Waals surface area (Å²) in [4.78, 5) is 9.44. The largest absolute Gasteiger partial charge is 0.418 e. The van der Waals surface area contributed by atoms with Crippen molar-refractivity contribution in [1.82, 2.24) is 0 Å². The van der Waals surface area contributed by atoms with Crippen molar-refractivity contribution >= 4 is 8.48 Å². The zero-order chi connectivity index (χ0) is 8.04. The summed E-state index contributed by atoms with van der Waals surface area (Å²) in [5.41, 5.74) is 0. The minimum atomic E-state index is -2.45. The van der Waals surface area contributed by atoms with Crippen LogP contribution in [0.1, 0.15) is 20.3 Å². The zero-order valence-corrected chi connectivity index (χ0v) is 7.76. The van der Waals surface area contributed by atoms with E-state index >= 15 is 0 Å². The van der Waals surface area contributed by atoms with Gasteiger partial charge in [-0.2, -0.15) is 0 Å². The van der Waals surface area contributed by atoms with Crippen molar-refractivity contribution in [2.24, 2.45) is 5.40 Å². The average molecular weight is 163 g/mol. The van der Waals surface area contributed by atoms with Gasteiger partial charge in [-0.05, 0) is 13.0 Å². The Balaban J connectivity index is 3.42. The first-order chi connectivity index (χ1) is 4.62. The summed E-state index contributed by atoms with van der Waals surface area (Å²) in [6.07, 6.45) is 1.31. The van der Waals surface area contributed by atoms with Gasteiger partial charge < -0.3 is 14.9 Å². The maximum Gasteiger partial charge on any atom is 0.289 e. The molecule has 0 aromatic rings. The lowest BCUT2D eigenvalue weighted by Gasteiger charge is -2.17. The first-order valence-electron chi connectivity index (χ1n) is 3.71. The molecule has 0 saturated carbocycles. The van der Waals surface area contributed by atoms with Crippen molar-refractivity contribution in [3.63, 3.8) is 0 Å². The molecule has 10 heavy (non-hydrogen) atoms. The molecule has 0 fully saturated rings. The SMILES string of the molecule is CCC[Si](N)(O)COCC. The number of nitrogens with two attached hydrogens (primary N) is 1. The minimum Gasteiger partial charge on any atom is -0.418 e. The van der Waals surface area contributed by atoms with E-state index < -0.39 is 8.48 Å². The Hall–Kier alpha value is 0.0969. The molecule has 1 unspecified atom stereocenters. The summed E-state index contributed by atoms with van der Waals surface area (Å²) in [5.74, 6) is 0. The van der Waals surface area contributed by atoms with Gasteiger partial charge in [-0.3, -0.25) is 0 Å². The Morgan fingerprint density at radius 1 is 1.50 bits per heavy atom. The van der Waals surface area contributed by atoms with Crippen molar-refractivity contribution in [3.8, 4) is 0 Å². The lowest BCUT2D eigenvalue weighted by Crippen LogP contribution is -2.50. The molecule has 3 N–H and O–H groups in total. The molecule has 0 heterocycles. The molecule has 62 valence electrons. The Bertz CT molecular complexity index is 87.8. The van der Waals surface area contributed by atoms with Crippen molar-refractivity contribution < 1.29 is 9.53 Å². The fourth-order valence-corrected chi connectivity index (χ4v) is 2.35. The van der Waals surface area contributed by atoms with E-state index in [1.54, 1.807) is 0 Å². The molecule has 3 nitrogen and oxygen atoms in total. The second-order valence-corrected chi connectivity index (χ2v) is 5.49. The molecule has 4 heteroatoms. The van der Waals surface area contributed by atoms with E-state index in [1.807, 2.05) is 13.8 Å². The van der Waals surface area contributed by atoms with E-state index in [-0.39, 0.29) is 0 Å². The van der Waals surface area contributed by atoms with Crippen LogP contribution in [-0.4, -0.2) is 26.1 Å². The summed E-state index contributed by atoms with van der Waals surface area (Å²) in [6.45, 7) is 4.55. The summed E-state index contributed by atoms with van der Waals surface area (Å²) in [5, 5.41) is 5.58. The van der Waals surface area contributed by atoms with Gasteiger partial charge in [0.2, 0.25) is 0 Å². The summed E-state index contributed by atoms with van der Waals surface area (Å²) in [7, 11) is -2.45. The van der Waals surface area contributed by atoms with Crippen LogP contribution in [0.2, 0.25) is 6.04 Å². The van der Waals surface area contributed by atoms with Crippen LogP contribution in [0.25, 0.3) is 0 Å². The number of hydrogen-bond donors (Lipinski definition) is 2. The van der Waals surface area contributed by atoms with Crippen LogP contribution in [0.3, 0.4) is 0 Å². The maximum atomic E-state index is 9.44. The first kappa shape index (κ1) is 10.1. The number of ether oxygens (including phenoxy) is 1. The quantitative estimate of drug-likeness (QED) is 0.576. The molecule has 0 bridgehead atoms. The van der Waals surface area contributed by atoms with E-state index in [9.17, 15) is 4.80 Å². The fraction of sp³-hybridized carbons (Fsp3) is 1.00. The molecule has 0 aromatic carbocycles. The van der Waals surface area contributed by atoms with Crippen LogP contribution < -0.4 is 5.40 Å². The lowest BCUT2D eigenvalue weighted by molar-refractivity contribution is 0.176. The second-order valence-electron chi connectivity index (χ2n) is 2.49. The molecular weight excluding hydrogens is 146 g/mol. The third-order valence-electron chi connectivity index (χ3n) is 1.24. The molecule has 0 aliphatic heterocycles. The van der Waals surface area contributed by atoms with E-state index in [4.69, 9.17) is 10.1 Å². The first-order valence-corrected chi connectivity index (χ1v) is 6.15. The summed E-state index contributed by atoms with van der Waals surface area (Å²) in [6, 6.07) is 0.729. The van der Waals surface area contributed by atoms with Crippen LogP contribution in [0.5, 0.6) is 0 Å². The smallest absolute Gasteiger partial charge is 0.289 e. The Kier molecular flexibility index (Phi) is 4.89. The highest BCUT2D eigenvalue weighted by atomic mass is 28.4. The van der Waals surface area contributed by atoms with Gasteiger partial charge in [0.1, 0.15) is 0 Å². The molecular formula is C6H17NO2Si.